The Hall–Kier alpha value is -1.45. The zero-order chi connectivity index (χ0) is 12.9. The van der Waals surface area contributed by atoms with Gasteiger partial charge in [0.1, 0.15) is 0 Å². The Kier molecular flexibility index (Phi) is 2.61. The van der Waals surface area contributed by atoms with Crippen LogP contribution in [0.4, 0.5) is 0 Å². The second kappa shape index (κ2) is 4.04. The van der Waals surface area contributed by atoms with Gasteiger partial charge in [-0.1, -0.05) is 11.6 Å². The van der Waals surface area contributed by atoms with Gasteiger partial charge in [0, 0.05) is 23.0 Å². The first-order valence-electron chi connectivity index (χ1n) is 5.53. The van der Waals surface area contributed by atoms with Crippen molar-refractivity contribution in [1.82, 2.24) is 4.57 Å². The highest BCUT2D eigenvalue weighted by Gasteiger charge is 2.17. The molecule has 0 bridgehead atoms. The quantitative estimate of drug-likeness (QED) is 0.651. The van der Waals surface area contributed by atoms with Gasteiger partial charge in [-0.2, -0.15) is 0 Å². The van der Waals surface area contributed by atoms with Crippen LogP contribution in [0, 0.1) is 0 Å². The molecule has 92 valence electrons. The Bertz CT molecular complexity index is 770. The average Bonchev–Trinajstić information content (AvgIpc) is 2.85. The molecule has 0 spiro atoms. The first kappa shape index (κ1) is 11.6. The normalized spacial score (nSPS) is 11.5. The minimum Gasteiger partial charge on any atom is -0.449 e. The SMILES string of the molecule is CCn1c2cc(Cl)ccc2c2oc(C(=O)Cl)cc21. The van der Waals surface area contributed by atoms with Gasteiger partial charge in [-0.05, 0) is 36.7 Å². The molecule has 0 aliphatic rings. The number of carbonyl (C=O) groups is 1. The van der Waals surface area contributed by atoms with E-state index in [4.69, 9.17) is 27.6 Å². The van der Waals surface area contributed by atoms with E-state index >= 15 is 0 Å². The Balaban J connectivity index is 2.46. The van der Waals surface area contributed by atoms with E-state index in [0.717, 1.165) is 23.0 Å². The van der Waals surface area contributed by atoms with Crippen LogP contribution in [0.25, 0.3) is 22.0 Å². The van der Waals surface area contributed by atoms with E-state index < -0.39 is 5.24 Å². The minimum absolute atomic E-state index is 0.167. The molecule has 3 aromatic rings. The van der Waals surface area contributed by atoms with Crippen LogP contribution in [-0.2, 0) is 6.54 Å². The number of rotatable bonds is 2. The lowest BCUT2D eigenvalue weighted by Crippen LogP contribution is -1.92. The van der Waals surface area contributed by atoms with Crippen molar-refractivity contribution in [2.75, 3.05) is 0 Å². The molecule has 3 nitrogen and oxygen atoms in total. The summed E-state index contributed by atoms with van der Waals surface area (Å²) in [5.74, 6) is 0.167. The van der Waals surface area contributed by atoms with Gasteiger partial charge in [0.15, 0.2) is 11.3 Å². The number of aryl methyl sites for hydroxylation is 1. The number of hydrogen-bond acceptors (Lipinski definition) is 2. The van der Waals surface area contributed by atoms with Crippen LogP contribution in [0.5, 0.6) is 0 Å². The first-order valence-corrected chi connectivity index (χ1v) is 6.28. The lowest BCUT2D eigenvalue weighted by Gasteiger charge is -2.01. The van der Waals surface area contributed by atoms with Crippen LogP contribution in [0.15, 0.2) is 28.7 Å². The summed E-state index contributed by atoms with van der Waals surface area (Å²) in [6, 6.07) is 7.24. The molecule has 0 saturated carbocycles. The van der Waals surface area contributed by atoms with Crippen LogP contribution in [0.2, 0.25) is 5.02 Å². The van der Waals surface area contributed by atoms with Gasteiger partial charge >= 0.3 is 0 Å². The summed E-state index contributed by atoms with van der Waals surface area (Å²) in [5.41, 5.74) is 2.53. The molecule has 1 aromatic carbocycles. The van der Waals surface area contributed by atoms with E-state index in [0.29, 0.717) is 10.6 Å². The Morgan fingerprint density at radius 1 is 1.33 bits per heavy atom. The summed E-state index contributed by atoms with van der Waals surface area (Å²) < 4.78 is 7.56. The average molecular weight is 282 g/mol. The van der Waals surface area contributed by atoms with Crippen molar-refractivity contribution in [3.05, 3.63) is 35.0 Å². The van der Waals surface area contributed by atoms with Gasteiger partial charge < -0.3 is 8.98 Å². The molecular weight excluding hydrogens is 273 g/mol. The maximum Gasteiger partial charge on any atom is 0.287 e. The number of benzene rings is 1. The number of fused-ring (bicyclic) bond motifs is 3. The molecule has 5 heteroatoms. The highest BCUT2D eigenvalue weighted by molar-refractivity contribution is 6.67. The highest BCUT2D eigenvalue weighted by Crippen LogP contribution is 2.33. The molecule has 0 amide bonds. The summed E-state index contributed by atoms with van der Waals surface area (Å²) in [4.78, 5) is 11.1. The van der Waals surface area contributed by atoms with Crippen molar-refractivity contribution >= 4 is 50.4 Å². The fraction of sp³-hybridized carbons (Fsp3) is 0.154. The largest absolute Gasteiger partial charge is 0.449 e. The van der Waals surface area contributed by atoms with Crippen molar-refractivity contribution in [2.24, 2.45) is 0 Å². The number of halogens is 2. The molecule has 18 heavy (non-hydrogen) atoms. The highest BCUT2D eigenvalue weighted by atomic mass is 35.5. The van der Waals surface area contributed by atoms with Gasteiger partial charge in [0.2, 0.25) is 0 Å². The van der Waals surface area contributed by atoms with Crippen LogP contribution >= 0.6 is 23.2 Å². The number of carbonyl (C=O) groups excluding carboxylic acids is 1. The van der Waals surface area contributed by atoms with E-state index in [1.54, 1.807) is 12.1 Å². The summed E-state index contributed by atoms with van der Waals surface area (Å²) >= 11 is 11.4. The smallest absolute Gasteiger partial charge is 0.287 e. The minimum atomic E-state index is -0.587. The summed E-state index contributed by atoms with van der Waals surface area (Å²) in [5, 5.41) is 1.02. The molecule has 0 N–H and O–H groups in total. The number of aromatic nitrogens is 1. The van der Waals surface area contributed by atoms with Gasteiger partial charge in [0.05, 0.1) is 11.0 Å². The molecule has 0 atom stereocenters. The van der Waals surface area contributed by atoms with Crippen molar-refractivity contribution < 1.29 is 9.21 Å². The fourth-order valence-electron chi connectivity index (χ4n) is 2.26. The van der Waals surface area contributed by atoms with E-state index in [1.165, 1.54) is 0 Å². The Morgan fingerprint density at radius 3 is 2.78 bits per heavy atom. The molecule has 0 aliphatic heterocycles. The predicted octanol–water partition coefficient (Wildman–Crippen LogP) is 4.44. The number of hydrogen-bond donors (Lipinski definition) is 0. The molecule has 0 unspecified atom stereocenters. The number of nitrogens with zero attached hydrogens (tertiary/aromatic N) is 1. The van der Waals surface area contributed by atoms with Gasteiger partial charge in [-0.15, -0.1) is 0 Å². The molecule has 2 aromatic heterocycles. The molecule has 0 fully saturated rings. The first-order chi connectivity index (χ1) is 8.61. The Morgan fingerprint density at radius 2 is 2.11 bits per heavy atom. The maximum atomic E-state index is 11.1. The zero-order valence-corrected chi connectivity index (χ0v) is 11.0. The summed E-state index contributed by atoms with van der Waals surface area (Å²) in [7, 11) is 0. The van der Waals surface area contributed by atoms with Gasteiger partial charge in [0.25, 0.3) is 5.24 Å². The third-order valence-corrected chi connectivity index (χ3v) is 3.43. The van der Waals surface area contributed by atoms with Gasteiger partial charge in [-0.3, -0.25) is 4.79 Å². The fourth-order valence-corrected chi connectivity index (χ4v) is 2.52. The summed E-state index contributed by atoms with van der Waals surface area (Å²) in [6.45, 7) is 2.78. The molecule has 0 radical (unpaired) electrons. The van der Waals surface area contributed by atoms with E-state index in [2.05, 4.69) is 0 Å². The molecular formula is C13H9Cl2NO2. The molecule has 2 heterocycles. The molecule has 0 saturated heterocycles. The summed E-state index contributed by atoms with van der Waals surface area (Å²) in [6.07, 6.45) is 0. The zero-order valence-electron chi connectivity index (χ0n) is 9.54. The maximum absolute atomic E-state index is 11.1. The molecule has 3 rings (SSSR count). The number of furan rings is 1. The van der Waals surface area contributed by atoms with E-state index in [9.17, 15) is 4.79 Å². The standard InChI is InChI=1S/C13H9Cl2NO2/c1-2-16-9-5-7(14)3-4-8(9)12-10(16)6-11(18-12)13(15)17/h3-6H,2H2,1H3. The third kappa shape index (κ3) is 1.55. The van der Waals surface area contributed by atoms with Crippen LogP contribution in [-0.4, -0.2) is 9.81 Å². The van der Waals surface area contributed by atoms with Crippen molar-refractivity contribution in [2.45, 2.75) is 13.5 Å². The van der Waals surface area contributed by atoms with Crippen molar-refractivity contribution in [3.8, 4) is 0 Å². The Labute approximate surface area is 113 Å². The lowest BCUT2D eigenvalue weighted by atomic mass is 10.2. The predicted molar refractivity (Wildman–Crippen MR) is 72.6 cm³/mol. The second-order valence-corrected chi connectivity index (χ2v) is 4.78. The third-order valence-electron chi connectivity index (χ3n) is 3.01. The lowest BCUT2D eigenvalue weighted by molar-refractivity contribution is 0.105. The monoisotopic (exact) mass is 281 g/mol. The topological polar surface area (TPSA) is 35.1 Å². The van der Waals surface area contributed by atoms with E-state index in [-0.39, 0.29) is 5.76 Å². The van der Waals surface area contributed by atoms with Crippen LogP contribution in [0.3, 0.4) is 0 Å². The van der Waals surface area contributed by atoms with Crippen LogP contribution in [0.1, 0.15) is 17.5 Å². The van der Waals surface area contributed by atoms with Gasteiger partial charge in [-0.25, -0.2) is 0 Å². The van der Waals surface area contributed by atoms with Crippen molar-refractivity contribution in [1.29, 1.82) is 0 Å². The molecule has 0 aliphatic carbocycles. The van der Waals surface area contributed by atoms with Crippen LogP contribution < -0.4 is 0 Å². The van der Waals surface area contributed by atoms with E-state index in [1.807, 2.05) is 23.6 Å². The second-order valence-electron chi connectivity index (χ2n) is 4.00. The van der Waals surface area contributed by atoms with Crippen molar-refractivity contribution in [3.63, 3.8) is 0 Å².